The fourth-order valence-electron chi connectivity index (χ4n) is 2.80. The Bertz CT molecular complexity index is 826. The largest absolute Gasteiger partial charge is 0.496 e. The summed E-state index contributed by atoms with van der Waals surface area (Å²) < 4.78 is 5.41. The topological polar surface area (TPSA) is 99.8 Å². The van der Waals surface area contributed by atoms with E-state index in [0.717, 1.165) is 22.2 Å². The van der Waals surface area contributed by atoms with Crippen molar-refractivity contribution in [3.63, 3.8) is 0 Å². The van der Waals surface area contributed by atoms with E-state index in [2.05, 4.69) is 25.6 Å². The van der Waals surface area contributed by atoms with Gasteiger partial charge < -0.3 is 14.6 Å². The Morgan fingerprint density at radius 2 is 2.25 bits per heavy atom. The van der Waals surface area contributed by atoms with E-state index >= 15 is 0 Å². The normalized spacial score (nSPS) is 12.3. The van der Waals surface area contributed by atoms with E-state index in [1.807, 2.05) is 31.3 Å². The maximum Gasteiger partial charge on any atom is 0.226 e. The number of aromatic nitrogens is 5. The molecule has 0 aliphatic carbocycles. The number of ether oxygens (including phenoxy) is 1. The van der Waals surface area contributed by atoms with E-state index in [1.165, 1.54) is 0 Å². The van der Waals surface area contributed by atoms with Crippen molar-refractivity contribution < 1.29 is 9.53 Å². The van der Waals surface area contributed by atoms with Crippen molar-refractivity contribution in [1.29, 1.82) is 0 Å². The summed E-state index contributed by atoms with van der Waals surface area (Å²) >= 11 is 0. The Hall–Kier alpha value is -2.90. The number of likely N-dealkylation sites (N-methyl/N-ethyl adjacent to an activating group) is 1. The molecule has 0 radical (unpaired) electrons. The van der Waals surface area contributed by atoms with Gasteiger partial charge in [-0.05, 0) is 17.7 Å². The van der Waals surface area contributed by atoms with Crippen molar-refractivity contribution in [2.24, 2.45) is 0 Å². The van der Waals surface area contributed by atoms with Gasteiger partial charge in [0.15, 0.2) is 5.82 Å². The molecule has 24 heavy (non-hydrogen) atoms. The lowest BCUT2D eigenvalue weighted by molar-refractivity contribution is -0.129. The standard InChI is InChI=1S/C16H20N6O2/c1-10(16-18-20-21-19-16)9-22(2)14(23)7-11-8-17-12-5-4-6-13(24-3)15(11)12/h4-6,8,10,17H,7,9H2,1-3H3,(H,18,19,20,21). The minimum atomic E-state index is 0.00945. The molecule has 8 heteroatoms. The third-order valence-corrected chi connectivity index (χ3v) is 4.09. The number of amides is 1. The molecule has 2 heterocycles. The quantitative estimate of drug-likeness (QED) is 0.714. The predicted molar refractivity (Wildman–Crippen MR) is 88.8 cm³/mol. The van der Waals surface area contributed by atoms with Crippen molar-refractivity contribution in [2.45, 2.75) is 19.3 Å². The maximum absolute atomic E-state index is 12.6. The van der Waals surface area contributed by atoms with Gasteiger partial charge in [0.05, 0.1) is 13.5 Å². The van der Waals surface area contributed by atoms with Crippen LogP contribution in [0.15, 0.2) is 24.4 Å². The van der Waals surface area contributed by atoms with Crippen LogP contribution in [0.2, 0.25) is 0 Å². The molecule has 0 spiro atoms. The van der Waals surface area contributed by atoms with Gasteiger partial charge in [0.2, 0.25) is 5.91 Å². The Balaban J connectivity index is 1.72. The molecule has 2 aromatic heterocycles. The number of hydrogen-bond donors (Lipinski definition) is 2. The smallest absolute Gasteiger partial charge is 0.226 e. The van der Waals surface area contributed by atoms with Crippen molar-refractivity contribution >= 4 is 16.8 Å². The fourth-order valence-corrected chi connectivity index (χ4v) is 2.80. The molecule has 3 rings (SSSR count). The molecule has 1 aromatic carbocycles. The van der Waals surface area contributed by atoms with Gasteiger partial charge in [-0.2, -0.15) is 5.21 Å². The van der Waals surface area contributed by atoms with Crippen molar-refractivity contribution in [2.75, 3.05) is 20.7 Å². The first-order valence-electron chi connectivity index (χ1n) is 7.70. The van der Waals surface area contributed by atoms with Crippen LogP contribution < -0.4 is 4.74 Å². The highest BCUT2D eigenvalue weighted by Crippen LogP contribution is 2.29. The maximum atomic E-state index is 12.6. The molecule has 1 atom stereocenters. The van der Waals surface area contributed by atoms with Crippen LogP contribution in [0.3, 0.4) is 0 Å². The van der Waals surface area contributed by atoms with E-state index in [1.54, 1.807) is 19.1 Å². The highest BCUT2D eigenvalue weighted by Gasteiger charge is 2.19. The monoisotopic (exact) mass is 328 g/mol. The summed E-state index contributed by atoms with van der Waals surface area (Å²) in [6.45, 7) is 2.49. The average molecular weight is 328 g/mol. The number of methoxy groups -OCH3 is 1. The van der Waals surface area contributed by atoms with Crippen LogP contribution in [0.4, 0.5) is 0 Å². The van der Waals surface area contributed by atoms with Crippen LogP contribution in [-0.4, -0.2) is 57.1 Å². The molecular formula is C16H20N6O2. The highest BCUT2D eigenvalue weighted by atomic mass is 16.5. The second-order valence-corrected chi connectivity index (χ2v) is 5.82. The van der Waals surface area contributed by atoms with E-state index in [4.69, 9.17) is 4.74 Å². The summed E-state index contributed by atoms with van der Waals surface area (Å²) in [6, 6.07) is 5.78. The zero-order valence-electron chi connectivity index (χ0n) is 13.9. The minimum Gasteiger partial charge on any atom is -0.496 e. The number of nitrogens with one attached hydrogen (secondary N) is 2. The Morgan fingerprint density at radius 1 is 1.42 bits per heavy atom. The SMILES string of the molecule is COc1cccc2[nH]cc(CC(=O)N(C)CC(C)c3nn[nH]n3)c12. The number of H-pyrrole nitrogens is 2. The molecule has 0 saturated carbocycles. The highest BCUT2D eigenvalue weighted by molar-refractivity contribution is 5.93. The molecule has 3 aromatic rings. The van der Waals surface area contributed by atoms with Crippen LogP contribution in [0.5, 0.6) is 5.75 Å². The summed E-state index contributed by atoms with van der Waals surface area (Å²) in [6.07, 6.45) is 2.16. The van der Waals surface area contributed by atoms with Crippen molar-refractivity contribution in [1.82, 2.24) is 30.5 Å². The first-order valence-corrected chi connectivity index (χ1v) is 7.70. The molecule has 1 amide bonds. The third kappa shape index (κ3) is 3.08. The number of aromatic amines is 2. The fraction of sp³-hybridized carbons (Fsp3) is 0.375. The zero-order chi connectivity index (χ0) is 17.1. The van der Waals surface area contributed by atoms with Gasteiger partial charge >= 0.3 is 0 Å². The molecule has 0 aliphatic rings. The van der Waals surface area contributed by atoms with Gasteiger partial charge in [0.25, 0.3) is 0 Å². The van der Waals surface area contributed by atoms with Crippen LogP contribution in [0.25, 0.3) is 10.9 Å². The summed E-state index contributed by atoms with van der Waals surface area (Å²) in [5.41, 5.74) is 1.88. The number of benzene rings is 1. The van der Waals surface area contributed by atoms with E-state index in [0.29, 0.717) is 18.8 Å². The van der Waals surface area contributed by atoms with Crippen LogP contribution in [-0.2, 0) is 11.2 Å². The number of nitrogens with zero attached hydrogens (tertiary/aromatic N) is 4. The molecule has 1 unspecified atom stereocenters. The van der Waals surface area contributed by atoms with Crippen molar-refractivity contribution in [3.8, 4) is 5.75 Å². The summed E-state index contributed by atoms with van der Waals surface area (Å²) in [7, 11) is 3.41. The van der Waals surface area contributed by atoms with Gasteiger partial charge in [0, 0.05) is 36.6 Å². The Morgan fingerprint density at radius 3 is 2.96 bits per heavy atom. The molecule has 0 aliphatic heterocycles. The molecule has 8 nitrogen and oxygen atoms in total. The third-order valence-electron chi connectivity index (χ3n) is 4.09. The van der Waals surface area contributed by atoms with Crippen molar-refractivity contribution in [3.05, 3.63) is 35.8 Å². The van der Waals surface area contributed by atoms with E-state index in [-0.39, 0.29) is 11.8 Å². The van der Waals surface area contributed by atoms with Gasteiger partial charge in [0.1, 0.15) is 5.75 Å². The van der Waals surface area contributed by atoms with E-state index < -0.39 is 0 Å². The second kappa shape index (κ2) is 6.69. The van der Waals surface area contributed by atoms with Gasteiger partial charge in [-0.25, -0.2) is 0 Å². The summed E-state index contributed by atoms with van der Waals surface area (Å²) in [5.74, 6) is 1.40. The lowest BCUT2D eigenvalue weighted by atomic mass is 10.1. The number of fused-ring (bicyclic) bond motifs is 1. The lowest BCUT2D eigenvalue weighted by Gasteiger charge is -2.20. The zero-order valence-corrected chi connectivity index (χ0v) is 13.9. The molecule has 0 fully saturated rings. The van der Waals surface area contributed by atoms with Crippen LogP contribution >= 0.6 is 0 Å². The summed E-state index contributed by atoms with van der Waals surface area (Å²) in [4.78, 5) is 17.4. The lowest BCUT2D eigenvalue weighted by Crippen LogP contribution is -2.31. The number of rotatable bonds is 6. The number of carbonyl (C=O) groups is 1. The van der Waals surface area contributed by atoms with Gasteiger partial charge in [-0.15, -0.1) is 10.2 Å². The van der Waals surface area contributed by atoms with Gasteiger partial charge in [-0.3, -0.25) is 4.79 Å². The summed E-state index contributed by atoms with van der Waals surface area (Å²) in [5, 5.41) is 14.9. The predicted octanol–water partition coefficient (Wildman–Crippen LogP) is 1.49. The molecular weight excluding hydrogens is 308 g/mol. The molecule has 126 valence electrons. The molecule has 2 N–H and O–H groups in total. The van der Waals surface area contributed by atoms with Gasteiger partial charge in [-0.1, -0.05) is 18.2 Å². The molecule has 0 bridgehead atoms. The van der Waals surface area contributed by atoms with E-state index in [9.17, 15) is 4.79 Å². The number of hydrogen-bond acceptors (Lipinski definition) is 5. The van der Waals surface area contributed by atoms with Crippen LogP contribution in [0.1, 0.15) is 24.2 Å². The number of tetrazole rings is 1. The first kappa shape index (κ1) is 16.0. The minimum absolute atomic E-state index is 0.00945. The average Bonchev–Trinajstić information content (AvgIpc) is 3.24. The van der Waals surface area contributed by atoms with Crippen LogP contribution in [0, 0.1) is 0 Å². The molecule has 0 saturated heterocycles. The Labute approximate surface area is 139 Å². The number of carbonyl (C=O) groups excluding carboxylic acids is 1. The Kier molecular flexibility index (Phi) is 4.45. The second-order valence-electron chi connectivity index (χ2n) is 5.82. The first-order chi connectivity index (χ1) is 11.6.